The topological polar surface area (TPSA) is 52.1 Å². The van der Waals surface area contributed by atoms with Crippen LogP contribution in [0.4, 0.5) is 13.2 Å². The number of benzene rings is 1. The molecule has 7 heteroatoms. The van der Waals surface area contributed by atoms with Crippen LogP contribution in [0.25, 0.3) is 10.9 Å². The van der Waals surface area contributed by atoms with Gasteiger partial charge in [0.05, 0.1) is 18.2 Å². The third-order valence-corrected chi connectivity index (χ3v) is 5.05. The van der Waals surface area contributed by atoms with Crippen molar-refractivity contribution in [2.45, 2.75) is 24.4 Å². The Balaban J connectivity index is 1.84. The van der Waals surface area contributed by atoms with E-state index in [1.165, 1.54) is 19.5 Å². The Labute approximate surface area is 153 Å². The highest BCUT2D eigenvalue weighted by molar-refractivity contribution is 6.03. The number of hydrogen-bond acceptors (Lipinski definition) is 4. The number of hydrogen-bond donors (Lipinski definition) is 0. The van der Waals surface area contributed by atoms with Gasteiger partial charge >= 0.3 is 12.1 Å². The van der Waals surface area contributed by atoms with Gasteiger partial charge in [0, 0.05) is 23.2 Å². The van der Waals surface area contributed by atoms with E-state index in [1.54, 1.807) is 18.2 Å². The van der Waals surface area contributed by atoms with Crippen molar-refractivity contribution in [3.05, 3.63) is 71.2 Å². The Bertz CT molecular complexity index is 1040. The number of nitrogens with zero attached hydrogens (tertiary/aromatic N) is 2. The lowest BCUT2D eigenvalue weighted by atomic mass is 9.87. The molecule has 1 aliphatic rings. The van der Waals surface area contributed by atoms with Crippen LogP contribution in [-0.2, 0) is 16.3 Å². The van der Waals surface area contributed by atoms with E-state index < -0.39 is 23.3 Å². The molecule has 4 rings (SSSR count). The zero-order valence-corrected chi connectivity index (χ0v) is 14.4. The highest BCUT2D eigenvalue weighted by atomic mass is 19.4. The molecule has 3 aromatic rings. The molecule has 1 fully saturated rings. The molecular weight excluding hydrogens is 357 g/mol. The summed E-state index contributed by atoms with van der Waals surface area (Å²) >= 11 is 0. The molecule has 0 spiro atoms. The summed E-state index contributed by atoms with van der Waals surface area (Å²) < 4.78 is 44.0. The summed E-state index contributed by atoms with van der Waals surface area (Å²) in [6.45, 7) is 0. The maximum Gasteiger partial charge on any atom is 0.433 e. The molecule has 0 radical (unpaired) electrons. The monoisotopic (exact) mass is 372 g/mol. The van der Waals surface area contributed by atoms with Crippen LogP contribution in [0, 0.1) is 0 Å². The molecule has 1 aromatic carbocycles. The molecule has 0 bridgehead atoms. The van der Waals surface area contributed by atoms with Crippen molar-refractivity contribution in [2.75, 3.05) is 7.11 Å². The van der Waals surface area contributed by atoms with Gasteiger partial charge in [-0.2, -0.15) is 13.2 Å². The number of ether oxygens (including phenoxy) is 1. The molecule has 0 saturated heterocycles. The first-order chi connectivity index (χ1) is 12.8. The third-order valence-electron chi connectivity index (χ3n) is 5.05. The minimum Gasteiger partial charge on any atom is -0.465 e. The van der Waals surface area contributed by atoms with Gasteiger partial charge in [0.15, 0.2) is 0 Å². The van der Waals surface area contributed by atoms with Crippen molar-refractivity contribution in [1.29, 1.82) is 0 Å². The van der Waals surface area contributed by atoms with Crippen LogP contribution in [0.2, 0.25) is 0 Å². The zero-order chi connectivity index (χ0) is 19.2. The minimum absolute atomic E-state index is 0.380. The lowest BCUT2D eigenvalue weighted by Crippen LogP contribution is -2.13. The van der Waals surface area contributed by atoms with Gasteiger partial charge < -0.3 is 4.74 Å². The molecule has 0 unspecified atom stereocenters. The van der Waals surface area contributed by atoms with Crippen LogP contribution in [-0.4, -0.2) is 23.0 Å². The summed E-state index contributed by atoms with van der Waals surface area (Å²) in [5, 5.41) is 0.623. The lowest BCUT2D eigenvalue weighted by molar-refractivity contribution is -0.141. The van der Waals surface area contributed by atoms with Gasteiger partial charge in [0.1, 0.15) is 5.69 Å². The lowest BCUT2D eigenvalue weighted by Gasteiger charge is -2.18. The van der Waals surface area contributed by atoms with Crippen LogP contribution >= 0.6 is 0 Å². The van der Waals surface area contributed by atoms with Crippen LogP contribution in [0.15, 0.2) is 48.8 Å². The molecule has 2 aromatic heterocycles. The fourth-order valence-electron chi connectivity index (χ4n) is 3.48. The third kappa shape index (κ3) is 2.93. The van der Waals surface area contributed by atoms with Crippen molar-refractivity contribution in [1.82, 2.24) is 9.97 Å². The van der Waals surface area contributed by atoms with Crippen LogP contribution in [0.1, 0.15) is 40.0 Å². The number of carbonyl (C=O) groups is 1. The average Bonchev–Trinajstić information content (AvgIpc) is 3.48. The van der Waals surface area contributed by atoms with Crippen LogP contribution in [0.5, 0.6) is 0 Å². The highest BCUT2D eigenvalue weighted by Gasteiger charge is 2.47. The quantitative estimate of drug-likeness (QED) is 0.635. The van der Waals surface area contributed by atoms with Crippen LogP contribution in [0.3, 0.4) is 0 Å². The molecule has 0 atom stereocenters. The molecule has 138 valence electrons. The highest BCUT2D eigenvalue weighted by Crippen LogP contribution is 2.54. The number of aromatic nitrogens is 2. The largest absolute Gasteiger partial charge is 0.465 e. The number of rotatable bonds is 3. The van der Waals surface area contributed by atoms with Crippen molar-refractivity contribution >= 4 is 16.9 Å². The van der Waals surface area contributed by atoms with E-state index in [-0.39, 0.29) is 0 Å². The first-order valence-electron chi connectivity index (χ1n) is 8.36. The molecule has 2 heterocycles. The van der Waals surface area contributed by atoms with Crippen molar-refractivity contribution in [2.24, 2.45) is 0 Å². The van der Waals surface area contributed by atoms with E-state index in [0.29, 0.717) is 22.0 Å². The van der Waals surface area contributed by atoms with Gasteiger partial charge in [0.2, 0.25) is 0 Å². The van der Waals surface area contributed by atoms with E-state index in [2.05, 4.69) is 9.97 Å². The normalized spacial score (nSPS) is 15.6. The molecule has 0 amide bonds. The zero-order valence-electron chi connectivity index (χ0n) is 14.4. The van der Waals surface area contributed by atoms with E-state index in [0.717, 1.165) is 24.5 Å². The number of alkyl halides is 3. The number of halogens is 3. The Kier molecular flexibility index (Phi) is 3.91. The first-order valence-corrected chi connectivity index (χ1v) is 8.36. The summed E-state index contributed by atoms with van der Waals surface area (Å²) in [7, 11) is 1.30. The second-order valence-electron chi connectivity index (χ2n) is 6.59. The van der Waals surface area contributed by atoms with Gasteiger partial charge in [0.25, 0.3) is 0 Å². The second-order valence-corrected chi connectivity index (χ2v) is 6.59. The number of fused-ring (bicyclic) bond motifs is 1. The predicted molar refractivity (Wildman–Crippen MR) is 92.3 cm³/mol. The fourth-order valence-corrected chi connectivity index (χ4v) is 3.48. The van der Waals surface area contributed by atoms with E-state index in [9.17, 15) is 18.0 Å². The SMILES string of the molecule is COC(=O)c1ccnc2ccc(C3(c4ccnc(C(F)(F)F)c4)CC3)cc12. The summed E-state index contributed by atoms with van der Waals surface area (Å²) in [6.07, 6.45) is -0.306. The standard InChI is InChI=1S/C20H15F3N2O2/c1-27-18(26)14-5-9-24-16-3-2-12(10-15(14)16)19(6-7-19)13-4-8-25-17(11-13)20(21,22)23/h2-5,8-11H,6-7H2,1H3. The Morgan fingerprint density at radius 1 is 1.04 bits per heavy atom. The predicted octanol–water partition coefficient (Wildman–Crippen LogP) is 4.52. The van der Waals surface area contributed by atoms with Crippen LogP contribution < -0.4 is 0 Å². The Morgan fingerprint density at radius 2 is 1.74 bits per heavy atom. The Morgan fingerprint density at radius 3 is 2.41 bits per heavy atom. The summed E-state index contributed by atoms with van der Waals surface area (Å²) in [6, 6.07) is 9.78. The maximum absolute atomic E-state index is 13.0. The fraction of sp³-hybridized carbons (Fsp3) is 0.250. The van der Waals surface area contributed by atoms with Gasteiger partial charge in [-0.25, -0.2) is 4.79 Å². The average molecular weight is 372 g/mol. The van der Waals surface area contributed by atoms with Gasteiger partial charge in [-0.3, -0.25) is 9.97 Å². The molecule has 1 saturated carbocycles. The number of esters is 1. The smallest absolute Gasteiger partial charge is 0.433 e. The Hall–Kier alpha value is -2.96. The molecule has 4 nitrogen and oxygen atoms in total. The first kappa shape index (κ1) is 17.5. The van der Waals surface area contributed by atoms with Gasteiger partial charge in [-0.1, -0.05) is 6.07 Å². The number of methoxy groups -OCH3 is 1. The summed E-state index contributed by atoms with van der Waals surface area (Å²) in [5.41, 5.74) is 1.04. The number of carbonyl (C=O) groups excluding carboxylic acids is 1. The molecular formula is C20H15F3N2O2. The van der Waals surface area contributed by atoms with E-state index in [4.69, 9.17) is 4.74 Å². The number of pyridine rings is 2. The van der Waals surface area contributed by atoms with E-state index in [1.807, 2.05) is 12.1 Å². The van der Waals surface area contributed by atoms with E-state index >= 15 is 0 Å². The van der Waals surface area contributed by atoms with Crippen molar-refractivity contribution in [3.63, 3.8) is 0 Å². The second kappa shape index (κ2) is 6.04. The molecule has 0 N–H and O–H groups in total. The van der Waals surface area contributed by atoms with Gasteiger partial charge in [-0.15, -0.1) is 0 Å². The summed E-state index contributed by atoms with van der Waals surface area (Å²) in [4.78, 5) is 19.7. The van der Waals surface area contributed by atoms with Crippen molar-refractivity contribution in [3.8, 4) is 0 Å². The summed E-state index contributed by atoms with van der Waals surface area (Å²) in [5.74, 6) is -0.479. The van der Waals surface area contributed by atoms with Gasteiger partial charge in [-0.05, 0) is 54.3 Å². The molecule has 27 heavy (non-hydrogen) atoms. The minimum atomic E-state index is -4.49. The molecule has 1 aliphatic carbocycles. The van der Waals surface area contributed by atoms with Crippen molar-refractivity contribution < 1.29 is 22.7 Å². The molecule has 0 aliphatic heterocycles. The maximum atomic E-state index is 13.0.